The molecule has 1 saturated heterocycles. The smallest absolute Gasteiger partial charge is 0.185 e. The lowest BCUT2D eigenvalue weighted by atomic mass is 10.1. The normalized spacial score (nSPS) is 20.7. The minimum Gasteiger partial charge on any atom is -0.348 e. The van der Waals surface area contributed by atoms with Gasteiger partial charge in [-0.15, -0.1) is 11.3 Å². The number of hydrogen-bond donors (Lipinski definition) is 1. The SMILES string of the molecule is Cc1nc(N2CCC(C)C2)sc1CNC(C)(C)C. The number of hydrogen-bond acceptors (Lipinski definition) is 4. The fraction of sp³-hybridized carbons (Fsp3) is 0.786. The highest BCUT2D eigenvalue weighted by Crippen LogP contribution is 2.30. The highest BCUT2D eigenvalue weighted by molar-refractivity contribution is 7.15. The fourth-order valence-corrected chi connectivity index (χ4v) is 3.20. The van der Waals surface area contributed by atoms with Crippen LogP contribution in [0.5, 0.6) is 0 Å². The van der Waals surface area contributed by atoms with Gasteiger partial charge in [0.15, 0.2) is 5.13 Å². The van der Waals surface area contributed by atoms with Crippen LogP contribution in [0.2, 0.25) is 0 Å². The fourth-order valence-electron chi connectivity index (χ4n) is 2.17. The molecule has 102 valence electrons. The van der Waals surface area contributed by atoms with Gasteiger partial charge in [-0.2, -0.15) is 0 Å². The molecule has 4 heteroatoms. The van der Waals surface area contributed by atoms with Gasteiger partial charge >= 0.3 is 0 Å². The first kappa shape index (κ1) is 13.8. The minimum absolute atomic E-state index is 0.165. The Balaban J connectivity index is 2.03. The zero-order chi connectivity index (χ0) is 13.3. The third-order valence-corrected chi connectivity index (χ3v) is 4.57. The van der Waals surface area contributed by atoms with Crippen molar-refractivity contribution >= 4 is 16.5 Å². The lowest BCUT2D eigenvalue weighted by molar-refractivity contribution is 0.425. The summed E-state index contributed by atoms with van der Waals surface area (Å²) in [5.41, 5.74) is 1.35. The van der Waals surface area contributed by atoms with Gasteiger partial charge in [0.25, 0.3) is 0 Å². The second kappa shape index (κ2) is 5.17. The molecule has 0 spiro atoms. The van der Waals surface area contributed by atoms with Crippen LogP contribution in [0.3, 0.4) is 0 Å². The second-order valence-electron chi connectivity index (χ2n) is 6.45. The van der Waals surface area contributed by atoms with Crippen molar-refractivity contribution in [2.24, 2.45) is 5.92 Å². The van der Waals surface area contributed by atoms with Gasteiger partial charge in [0.1, 0.15) is 0 Å². The van der Waals surface area contributed by atoms with Gasteiger partial charge < -0.3 is 10.2 Å². The van der Waals surface area contributed by atoms with Crippen molar-refractivity contribution in [3.05, 3.63) is 10.6 Å². The summed E-state index contributed by atoms with van der Waals surface area (Å²) in [6.07, 6.45) is 1.30. The summed E-state index contributed by atoms with van der Waals surface area (Å²) < 4.78 is 0. The molecular weight excluding hydrogens is 242 g/mol. The van der Waals surface area contributed by atoms with Crippen LogP contribution in [0.4, 0.5) is 5.13 Å². The van der Waals surface area contributed by atoms with Crippen LogP contribution in [-0.2, 0) is 6.54 Å². The number of aryl methyl sites for hydroxylation is 1. The Kier molecular flexibility index (Phi) is 3.97. The number of anilines is 1. The van der Waals surface area contributed by atoms with Crippen LogP contribution in [0.25, 0.3) is 0 Å². The van der Waals surface area contributed by atoms with Crippen molar-refractivity contribution in [2.45, 2.75) is 53.1 Å². The molecular formula is C14H25N3S. The highest BCUT2D eigenvalue weighted by atomic mass is 32.1. The number of aromatic nitrogens is 1. The summed E-state index contributed by atoms with van der Waals surface area (Å²) in [4.78, 5) is 8.54. The van der Waals surface area contributed by atoms with E-state index in [0.717, 1.165) is 12.5 Å². The van der Waals surface area contributed by atoms with Crippen molar-refractivity contribution in [1.82, 2.24) is 10.3 Å². The van der Waals surface area contributed by atoms with Crippen LogP contribution in [0.1, 0.15) is 44.7 Å². The molecule has 1 atom stereocenters. The molecule has 2 rings (SSSR count). The predicted octanol–water partition coefficient (Wildman–Crippen LogP) is 3.19. The van der Waals surface area contributed by atoms with Crippen molar-refractivity contribution < 1.29 is 0 Å². The molecule has 0 radical (unpaired) electrons. The molecule has 0 aliphatic carbocycles. The predicted molar refractivity (Wildman–Crippen MR) is 79.4 cm³/mol. The van der Waals surface area contributed by atoms with E-state index in [9.17, 15) is 0 Å². The molecule has 1 aromatic heterocycles. The summed E-state index contributed by atoms with van der Waals surface area (Å²) in [5.74, 6) is 0.811. The van der Waals surface area contributed by atoms with Crippen molar-refractivity contribution in [3.63, 3.8) is 0 Å². The highest BCUT2D eigenvalue weighted by Gasteiger charge is 2.22. The average molecular weight is 267 g/mol. The first-order valence-electron chi connectivity index (χ1n) is 6.81. The Labute approximate surface area is 115 Å². The van der Waals surface area contributed by atoms with Crippen molar-refractivity contribution in [3.8, 4) is 0 Å². The lowest BCUT2D eigenvalue weighted by Gasteiger charge is -2.20. The molecule has 0 saturated carbocycles. The van der Waals surface area contributed by atoms with E-state index in [1.165, 1.54) is 35.2 Å². The van der Waals surface area contributed by atoms with Gasteiger partial charge in [-0.3, -0.25) is 0 Å². The zero-order valence-electron chi connectivity index (χ0n) is 12.2. The monoisotopic (exact) mass is 267 g/mol. The lowest BCUT2D eigenvalue weighted by Crippen LogP contribution is -2.34. The third kappa shape index (κ3) is 3.45. The zero-order valence-corrected chi connectivity index (χ0v) is 13.0. The molecule has 18 heavy (non-hydrogen) atoms. The Hall–Kier alpha value is -0.610. The molecule has 0 aromatic carbocycles. The third-order valence-electron chi connectivity index (χ3n) is 3.36. The van der Waals surface area contributed by atoms with E-state index in [0.29, 0.717) is 0 Å². The van der Waals surface area contributed by atoms with Gasteiger partial charge in [0.05, 0.1) is 5.69 Å². The summed E-state index contributed by atoms with van der Waals surface area (Å²) in [5, 5.41) is 4.75. The van der Waals surface area contributed by atoms with Crippen molar-refractivity contribution in [2.75, 3.05) is 18.0 Å². The van der Waals surface area contributed by atoms with E-state index in [1.807, 2.05) is 11.3 Å². The summed E-state index contributed by atoms with van der Waals surface area (Å²) >= 11 is 1.85. The van der Waals surface area contributed by atoms with E-state index in [-0.39, 0.29) is 5.54 Å². The maximum Gasteiger partial charge on any atom is 0.185 e. The summed E-state index contributed by atoms with van der Waals surface area (Å²) in [6, 6.07) is 0. The van der Waals surface area contributed by atoms with Crippen LogP contribution < -0.4 is 10.2 Å². The van der Waals surface area contributed by atoms with Crippen LogP contribution in [0.15, 0.2) is 0 Å². The number of nitrogens with zero attached hydrogens (tertiary/aromatic N) is 2. The van der Waals surface area contributed by atoms with Gasteiger partial charge in [-0.25, -0.2) is 4.98 Å². The quantitative estimate of drug-likeness (QED) is 0.911. The average Bonchev–Trinajstić information content (AvgIpc) is 2.81. The largest absolute Gasteiger partial charge is 0.348 e. The Morgan fingerprint density at radius 1 is 1.44 bits per heavy atom. The van der Waals surface area contributed by atoms with E-state index in [1.54, 1.807) is 0 Å². The summed E-state index contributed by atoms with van der Waals surface area (Å²) in [6.45, 7) is 14.3. The Morgan fingerprint density at radius 2 is 2.17 bits per heavy atom. The maximum atomic E-state index is 4.73. The van der Waals surface area contributed by atoms with E-state index in [4.69, 9.17) is 4.98 Å². The number of thiazole rings is 1. The van der Waals surface area contributed by atoms with E-state index < -0.39 is 0 Å². The second-order valence-corrected chi connectivity index (χ2v) is 7.51. The summed E-state index contributed by atoms with van der Waals surface area (Å²) in [7, 11) is 0. The molecule has 3 nitrogen and oxygen atoms in total. The number of rotatable bonds is 3. The minimum atomic E-state index is 0.165. The molecule has 1 fully saturated rings. The van der Waals surface area contributed by atoms with Gasteiger partial charge in [0, 0.05) is 30.1 Å². The van der Waals surface area contributed by atoms with Crippen LogP contribution >= 0.6 is 11.3 Å². The molecule has 1 aliphatic rings. The van der Waals surface area contributed by atoms with Crippen LogP contribution in [-0.4, -0.2) is 23.6 Å². The number of nitrogens with one attached hydrogen (secondary N) is 1. The molecule has 0 bridgehead atoms. The van der Waals surface area contributed by atoms with Crippen molar-refractivity contribution in [1.29, 1.82) is 0 Å². The van der Waals surface area contributed by atoms with Gasteiger partial charge in [0.2, 0.25) is 0 Å². The van der Waals surface area contributed by atoms with Gasteiger partial charge in [-0.1, -0.05) is 6.92 Å². The first-order chi connectivity index (χ1) is 8.35. The maximum absolute atomic E-state index is 4.73. The molecule has 1 aliphatic heterocycles. The molecule has 1 aromatic rings. The molecule has 1 unspecified atom stereocenters. The topological polar surface area (TPSA) is 28.2 Å². The van der Waals surface area contributed by atoms with E-state index >= 15 is 0 Å². The van der Waals surface area contributed by atoms with Crippen LogP contribution in [0, 0.1) is 12.8 Å². The Morgan fingerprint density at radius 3 is 2.72 bits per heavy atom. The standard InChI is InChI=1S/C14H25N3S/c1-10-6-7-17(9-10)13-16-11(2)12(18-13)8-15-14(3,4)5/h10,15H,6-9H2,1-5H3. The molecule has 0 amide bonds. The van der Waals surface area contributed by atoms with Gasteiger partial charge in [-0.05, 0) is 40.0 Å². The molecule has 2 heterocycles. The molecule has 1 N–H and O–H groups in total. The van der Waals surface area contributed by atoms with E-state index in [2.05, 4.69) is 44.8 Å². The first-order valence-corrected chi connectivity index (χ1v) is 7.63. The Bertz CT molecular complexity index is 406.